The Labute approximate surface area is 238 Å². The van der Waals surface area contributed by atoms with Crippen molar-refractivity contribution in [3.05, 3.63) is 77.4 Å². The van der Waals surface area contributed by atoms with Gasteiger partial charge >= 0.3 is 18.4 Å². The highest BCUT2D eigenvalue weighted by Gasteiger charge is 2.71. The number of rotatable bonds is 10. The average molecular weight is 597 g/mol. The van der Waals surface area contributed by atoms with Gasteiger partial charge in [0.2, 0.25) is 0 Å². The van der Waals surface area contributed by atoms with Gasteiger partial charge in [-0.3, -0.25) is 9.69 Å². The summed E-state index contributed by atoms with van der Waals surface area (Å²) in [5.41, 5.74) is -6.89. The number of benzene rings is 3. The number of halogens is 6. The highest BCUT2D eigenvalue weighted by molar-refractivity contribution is 6.07. The van der Waals surface area contributed by atoms with Crippen molar-refractivity contribution >= 4 is 22.7 Å². The second kappa shape index (κ2) is 11.5. The number of aryl methyl sites for hydroxylation is 1. The van der Waals surface area contributed by atoms with Crippen molar-refractivity contribution < 1.29 is 45.8 Å². The second-order valence-corrected chi connectivity index (χ2v) is 10.4. The molecule has 0 aliphatic carbocycles. The average Bonchev–Trinajstić information content (AvgIpc) is 3.15. The van der Waals surface area contributed by atoms with E-state index in [1.807, 2.05) is 36.4 Å². The summed E-state index contributed by atoms with van der Waals surface area (Å²) in [7, 11) is 0. The Balaban J connectivity index is 1.39. The smallest absolute Gasteiger partial charge is 0.430 e. The lowest BCUT2D eigenvalue weighted by molar-refractivity contribution is -0.376. The molecule has 1 unspecified atom stereocenters. The number of imide groups is 1. The Bertz CT molecular complexity index is 1460. The molecule has 0 aromatic heterocycles. The number of hydrogen-bond acceptors (Lipinski definition) is 4. The maximum absolute atomic E-state index is 13.3. The maximum atomic E-state index is 13.3. The number of fused-ring (bicyclic) bond motifs is 1. The predicted molar refractivity (Wildman–Crippen MR) is 143 cm³/mol. The molecule has 0 spiro atoms. The molecule has 1 saturated heterocycles. The number of unbranched alkanes of at least 4 members (excludes halogenated alkanes) is 1. The predicted octanol–water partition coefficient (Wildman–Crippen LogP) is 6.73. The molecule has 42 heavy (non-hydrogen) atoms. The summed E-state index contributed by atoms with van der Waals surface area (Å²) in [5.74, 6) is -0.322. The van der Waals surface area contributed by atoms with Gasteiger partial charge < -0.3 is 15.2 Å². The summed E-state index contributed by atoms with van der Waals surface area (Å²) < 4.78 is 85.6. The van der Waals surface area contributed by atoms with Gasteiger partial charge in [-0.1, -0.05) is 55.8 Å². The number of aliphatic hydroxyl groups is 1. The number of alkyl halides is 6. The molecule has 1 atom stereocenters. The largest absolute Gasteiger partial charge is 0.493 e. The van der Waals surface area contributed by atoms with Crippen LogP contribution in [0.1, 0.15) is 49.8 Å². The van der Waals surface area contributed by atoms with Gasteiger partial charge in [-0.15, -0.1) is 0 Å². The Morgan fingerprint density at radius 1 is 0.905 bits per heavy atom. The molecule has 3 aromatic rings. The lowest BCUT2D eigenvalue weighted by Gasteiger charge is -2.33. The van der Waals surface area contributed by atoms with Gasteiger partial charge in [-0.2, -0.15) is 26.3 Å². The van der Waals surface area contributed by atoms with E-state index in [2.05, 4.69) is 5.32 Å². The number of nitrogens with one attached hydrogen (secondary N) is 1. The van der Waals surface area contributed by atoms with Gasteiger partial charge in [-0.25, -0.2) is 4.79 Å². The minimum absolute atomic E-state index is 0.0322. The first-order valence-corrected chi connectivity index (χ1v) is 13.4. The molecule has 226 valence electrons. The zero-order chi connectivity index (χ0) is 30.9. The first-order valence-electron chi connectivity index (χ1n) is 13.4. The number of ether oxygens (including phenoxy) is 1. The highest BCUT2D eigenvalue weighted by Crippen LogP contribution is 2.50. The fourth-order valence-electron chi connectivity index (χ4n) is 5.05. The standard InChI is InChI=1S/C30H30F6N2O4/c1-3-8-21-18-23(28(41,29(31,32)33)30(34,35)36)13-14-24(21)42-16-7-6-15-38-25(39)27(2,37-26(38)40)22-12-11-19-9-4-5-10-20(19)17-22/h4-5,9-14,17-18,41H,3,6-8,15-16H2,1-2H3,(H,37,40). The third-order valence-electron chi connectivity index (χ3n) is 7.45. The normalized spacial score (nSPS) is 18.1. The van der Waals surface area contributed by atoms with Crippen LogP contribution in [0.2, 0.25) is 0 Å². The summed E-state index contributed by atoms with van der Waals surface area (Å²) in [6, 6.07) is 14.8. The molecule has 1 aliphatic heterocycles. The molecule has 0 saturated carbocycles. The Kier molecular flexibility index (Phi) is 8.50. The lowest BCUT2D eigenvalue weighted by atomic mass is 9.90. The van der Waals surface area contributed by atoms with Crippen molar-refractivity contribution in [1.82, 2.24) is 10.2 Å². The monoisotopic (exact) mass is 596 g/mol. The van der Waals surface area contributed by atoms with E-state index in [1.54, 1.807) is 19.9 Å². The molecule has 1 fully saturated rings. The maximum Gasteiger partial charge on any atom is 0.430 e. The molecule has 1 aliphatic rings. The number of carbonyl (C=O) groups excluding carboxylic acids is 2. The number of hydrogen-bond donors (Lipinski definition) is 2. The van der Waals surface area contributed by atoms with E-state index in [1.165, 1.54) is 0 Å². The summed E-state index contributed by atoms with van der Waals surface area (Å²) in [5, 5.41) is 14.4. The molecule has 12 heteroatoms. The fraction of sp³-hybridized carbons (Fsp3) is 0.400. The van der Waals surface area contributed by atoms with Gasteiger partial charge in [0.05, 0.1) is 6.61 Å². The van der Waals surface area contributed by atoms with Gasteiger partial charge in [0.15, 0.2) is 0 Å². The molecule has 0 bridgehead atoms. The third kappa shape index (κ3) is 5.64. The van der Waals surface area contributed by atoms with E-state index >= 15 is 0 Å². The van der Waals surface area contributed by atoms with Crippen molar-refractivity contribution in [2.75, 3.05) is 13.2 Å². The summed E-state index contributed by atoms with van der Waals surface area (Å²) in [6.07, 6.45) is -10.8. The molecule has 3 amide bonds. The zero-order valence-electron chi connectivity index (χ0n) is 22.9. The molecular weight excluding hydrogens is 566 g/mol. The molecule has 4 rings (SSSR count). The van der Waals surface area contributed by atoms with Crippen LogP contribution >= 0.6 is 0 Å². The molecule has 1 heterocycles. The van der Waals surface area contributed by atoms with E-state index in [0.717, 1.165) is 21.7 Å². The van der Waals surface area contributed by atoms with E-state index < -0.39 is 41.0 Å². The molecular formula is C30H30F6N2O4. The van der Waals surface area contributed by atoms with Crippen LogP contribution in [0.4, 0.5) is 31.1 Å². The van der Waals surface area contributed by atoms with Gasteiger partial charge in [0, 0.05) is 12.1 Å². The second-order valence-electron chi connectivity index (χ2n) is 10.4. The zero-order valence-corrected chi connectivity index (χ0v) is 22.9. The Morgan fingerprint density at radius 3 is 2.21 bits per heavy atom. The van der Waals surface area contributed by atoms with Crippen molar-refractivity contribution in [1.29, 1.82) is 0 Å². The van der Waals surface area contributed by atoms with Crippen LogP contribution < -0.4 is 10.1 Å². The van der Waals surface area contributed by atoms with Gasteiger partial charge in [-0.05, 0) is 66.3 Å². The van der Waals surface area contributed by atoms with Crippen LogP contribution in [0, 0.1) is 0 Å². The lowest BCUT2D eigenvalue weighted by Crippen LogP contribution is -2.53. The summed E-state index contributed by atoms with van der Waals surface area (Å²) in [4.78, 5) is 27.0. The van der Waals surface area contributed by atoms with Gasteiger partial charge in [0.25, 0.3) is 11.5 Å². The minimum atomic E-state index is -5.99. The van der Waals surface area contributed by atoms with Crippen LogP contribution in [0.3, 0.4) is 0 Å². The van der Waals surface area contributed by atoms with Gasteiger partial charge in [0.1, 0.15) is 11.3 Å². The van der Waals surface area contributed by atoms with Crippen molar-refractivity contribution in [2.24, 2.45) is 0 Å². The molecule has 0 radical (unpaired) electrons. The number of nitrogens with zero attached hydrogens (tertiary/aromatic N) is 1. The minimum Gasteiger partial charge on any atom is -0.493 e. The molecule has 6 nitrogen and oxygen atoms in total. The number of carbonyl (C=O) groups is 2. The van der Waals surface area contributed by atoms with E-state index in [-0.39, 0.29) is 30.9 Å². The van der Waals surface area contributed by atoms with Crippen LogP contribution in [-0.2, 0) is 22.4 Å². The molecule has 3 aromatic carbocycles. The van der Waals surface area contributed by atoms with Crippen LogP contribution in [0.15, 0.2) is 60.7 Å². The highest BCUT2D eigenvalue weighted by atomic mass is 19.4. The van der Waals surface area contributed by atoms with E-state index in [0.29, 0.717) is 37.0 Å². The third-order valence-corrected chi connectivity index (χ3v) is 7.45. The van der Waals surface area contributed by atoms with E-state index in [4.69, 9.17) is 4.74 Å². The van der Waals surface area contributed by atoms with Crippen molar-refractivity contribution in [2.45, 2.75) is 63.0 Å². The summed E-state index contributed by atoms with van der Waals surface area (Å²) in [6.45, 7) is 3.45. The quantitative estimate of drug-likeness (QED) is 0.155. The molecule has 2 N–H and O–H groups in total. The topological polar surface area (TPSA) is 78.9 Å². The van der Waals surface area contributed by atoms with E-state index in [9.17, 15) is 41.0 Å². The first-order chi connectivity index (χ1) is 19.6. The van der Waals surface area contributed by atoms with Crippen LogP contribution in [-0.4, -0.2) is 47.4 Å². The SMILES string of the molecule is CCCc1cc(C(O)(C(F)(F)F)C(F)(F)F)ccc1OCCCCN1C(=O)NC(C)(c2ccc3ccccc3c2)C1=O. The Hall–Kier alpha value is -3.80. The number of urea groups is 1. The van der Waals surface area contributed by atoms with Crippen LogP contribution in [0.25, 0.3) is 10.8 Å². The Morgan fingerprint density at radius 2 is 1.57 bits per heavy atom. The van der Waals surface area contributed by atoms with Crippen molar-refractivity contribution in [3.8, 4) is 5.75 Å². The fourth-order valence-corrected chi connectivity index (χ4v) is 5.05. The van der Waals surface area contributed by atoms with Crippen LogP contribution in [0.5, 0.6) is 5.75 Å². The van der Waals surface area contributed by atoms with Crippen molar-refractivity contribution in [3.63, 3.8) is 0 Å². The summed E-state index contributed by atoms with van der Waals surface area (Å²) >= 11 is 0. The number of amides is 3. The first kappa shape index (κ1) is 31.1.